The predicted molar refractivity (Wildman–Crippen MR) is 144 cm³/mol. The highest BCUT2D eigenvalue weighted by molar-refractivity contribution is 7.17. The number of benzene rings is 1. The van der Waals surface area contributed by atoms with Gasteiger partial charge in [-0.3, -0.25) is 9.69 Å². The maximum Gasteiger partial charge on any atom is 0.341 e. The molecule has 200 valence electrons. The van der Waals surface area contributed by atoms with Gasteiger partial charge < -0.3 is 19.9 Å². The second-order valence-corrected chi connectivity index (χ2v) is 11.7. The lowest BCUT2D eigenvalue weighted by Crippen LogP contribution is -2.56. The van der Waals surface area contributed by atoms with Crippen LogP contribution < -0.4 is 10.1 Å². The summed E-state index contributed by atoms with van der Waals surface area (Å²) in [6.45, 7) is 3.33. The number of carbonyl (C=O) groups is 2. The van der Waals surface area contributed by atoms with E-state index in [0.717, 1.165) is 68.2 Å². The highest BCUT2D eigenvalue weighted by atomic mass is 32.1. The van der Waals surface area contributed by atoms with Crippen molar-refractivity contribution in [1.82, 2.24) is 4.90 Å². The van der Waals surface area contributed by atoms with Crippen LogP contribution in [0.3, 0.4) is 0 Å². The molecule has 2 heterocycles. The van der Waals surface area contributed by atoms with Crippen LogP contribution in [0, 0.1) is 5.92 Å². The van der Waals surface area contributed by atoms with Crippen LogP contribution in [0.4, 0.5) is 5.00 Å². The number of aryl methyl sites for hydroxylation is 1. The molecule has 3 atom stereocenters. The summed E-state index contributed by atoms with van der Waals surface area (Å²) in [5.41, 5.74) is 1.87. The number of carbonyl (C=O) groups excluding carboxylic acids is 2. The first-order valence-electron chi connectivity index (χ1n) is 13.7. The van der Waals surface area contributed by atoms with Gasteiger partial charge in [0.1, 0.15) is 10.8 Å². The van der Waals surface area contributed by atoms with Gasteiger partial charge >= 0.3 is 5.97 Å². The number of thiophene rings is 1. The Morgan fingerprint density at radius 3 is 2.78 bits per heavy atom. The number of likely N-dealkylation sites (tertiary alicyclic amines) is 1. The van der Waals surface area contributed by atoms with Gasteiger partial charge in [-0.05, 0) is 63.5 Å². The number of methoxy groups -OCH3 is 1. The molecule has 0 unspecified atom stereocenters. The molecule has 2 N–H and O–H groups in total. The maximum atomic E-state index is 13.5. The van der Waals surface area contributed by atoms with E-state index in [1.54, 1.807) is 0 Å². The van der Waals surface area contributed by atoms with Gasteiger partial charge in [-0.2, -0.15) is 0 Å². The van der Waals surface area contributed by atoms with Crippen molar-refractivity contribution in [2.75, 3.05) is 32.1 Å². The highest BCUT2D eigenvalue weighted by Crippen LogP contribution is 2.50. The van der Waals surface area contributed by atoms with Crippen molar-refractivity contribution in [3.8, 4) is 5.75 Å². The molecule has 1 aromatic carbocycles. The summed E-state index contributed by atoms with van der Waals surface area (Å²) >= 11 is 1.51. The SMILES string of the molecule is CCOc1ccccc1[C@H]1[C@@H]2CCCC[C@]2(O)CCN1CC(=O)Nc1sc2c(c1C(=O)OC)CCCC2. The molecule has 2 aliphatic carbocycles. The molecule has 1 amide bonds. The molecule has 3 aliphatic rings. The van der Waals surface area contributed by atoms with Crippen LogP contribution in [0.5, 0.6) is 5.75 Å². The Bertz CT molecular complexity index is 1150. The molecule has 0 spiro atoms. The Morgan fingerprint density at radius 1 is 1.16 bits per heavy atom. The number of rotatable bonds is 7. The Labute approximate surface area is 223 Å². The van der Waals surface area contributed by atoms with Crippen LogP contribution in [-0.4, -0.2) is 54.3 Å². The molecule has 0 radical (unpaired) electrons. The Balaban J connectivity index is 1.43. The van der Waals surface area contributed by atoms with E-state index < -0.39 is 5.60 Å². The molecule has 1 saturated heterocycles. The van der Waals surface area contributed by atoms with Crippen LogP contribution in [-0.2, 0) is 22.4 Å². The Kier molecular flexibility index (Phi) is 7.88. The fraction of sp³-hybridized carbons (Fsp3) is 0.586. The van der Waals surface area contributed by atoms with Crippen LogP contribution in [0.25, 0.3) is 0 Å². The minimum atomic E-state index is -0.722. The van der Waals surface area contributed by atoms with E-state index in [-0.39, 0.29) is 30.4 Å². The average molecular weight is 527 g/mol. The van der Waals surface area contributed by atoms with Gasteiger partial charge in [0.2, 0.25) is 5.91 Å². The molecule has 2 fully saturated rings. The zero-order valence-corrected chi connectivity index (χ0v) is 22.7. The van der Waals surface area contributed by atoms with Gasteiger partial charge in [0.15, 0.2) is 0 Å². The van der Waals surface area contributed by atoms with Gasteiger partial charge in [-0.1, -0.05) is 31.0 Å². The summed E-state index contributed by atoms with van der Waals surface area (Å²) in [6, 6.07) is 7.90. The number of esters is 1. The molecule has 0 bridgehead atoms. The van der Waals surface area contributed by atoms with E-state index in [4.69, 9.17) is 9.47 Å². The quantitative estimate of drug-likeness (QED) is 0.487. The van der Waals surface area contributed by atoms with Gasteiger partial charge in [0.05, 0.1) is 31.4 Å². The lowest BCUT2D eigenvalue weighted by atomic mass is 9.66. The number of ether oxygens (including phenoxy) is 2. The first-order chi connectivity index (χ1) is 17.9. The van der Waals surface area contributed by atoms with Gasteiger partial charge in [0, 0.05) is 28.9 Å². The molecule has 1 aliphatic heterocycles. The molecule has 2 aromatic rings. The molecular weight excluding hydrogens is 488 g/mol. The minimum Gasteiger partial charge on any atom is -0.494 e. The fourth-order valence-corrected chi connectivity index (χ4v) is 7.96. The zero-order chi connectivity index (χ0) is 26.0. The molecule has 1 saturated carbocycles. The number of para-hydroxylation sites is 1. The van der Waals surface area contributed by atoms with Gasteiger partial charge in [-0.25, -0.2) is 4.79 Å². The monoisotopic (exact) mass is 526 g/mol. The summed E-state index contributed by atoms with van der Waals surface area (Å²) in [7, 11) is 1.39. The van der Waals surface area contributed by atoms with Gasteiger partial charge in [-0.15, -0.1) is 11.3 Å². The third-order valence-corrected chi connectivity index (χ3v) is 9.58. The second kappa shape index (κ2) is 11.1. The van der Waals surface area contributed by atoms with E-state index in [9.17, 15) is 14.7 Å². The number of hydrogen-bond acceptors (Lipinski definition) is 7. The number of nitrogens with one attached hydrogen (secondary N) is 1. The summed E-state index contributed by atoms with van der Waals surface area (Å²) < 4.78 is 11.1. The van der Waals surface area contributed by atoms with E-state index in [0.29, 0.717) is 30.1 Å². The molecule has 5 rings (SSSR count). The van der Waals surface area contributed by atoms with Crippen molar-refractivity contribution in [3.05, 3.63) is 45.8 Å². The molecule has 8 heteroatoms. The smallest absolute Gasteiger partial charge is 0.341 e. The zero-order valence-electron chi connectivity index (χ0n) is 21.9. The average Bonchev–Trinajstić information content (AvgIpc) is 3.26. The third kappa shape index (κ3) is 5.16. The van der Waals surface area contributed by atoms with Crippen molar-refractivity contribution in [3.63, 3.8) is 0 Å². The number of amides is 1. The number of anilines is 1. The minimum absolute atomic E-state index is 0.0316. The fourth-order valence-electron chi connectivity index (χ4n) is 6.67. The lowest BCUT2D eigenvalue weighted by molar-refractivity contribution is -0.135. The van der Waals surface area contributed by atoms with Crippen LogP contribution in [0.1, 0.15) is 84.3 Å². The van der Waals surface area contributed by atoms with Crippen molar-refractivity contribution >= 4 is 28.2 Å². The molecule has 37 heavy (non-hydrogen) atoms. The van der Waals surface area contributed by atoms with Crippen molar-refractivity contribution in [1.29, 1.82) is 0 Å². The molecule has 7 nitrogen and oxygen atoms in total. The lowest BCUT2D eigenvalue weighted by Gasteiger charge is -2.52. The normalized spacial score (nSPS) is 25.6. The van der Waals surface area contributed by atoms with Gasteiger partial charge in [0.25, 0.3) is 0 Å². The Hall–Kier alpha value is -2.42. The van der Waals surface area contributed by atoms with Crippen LogP contribution in [0.2, 0.25) is 0 Å². The number of hydrogen-bond donors (Lipinski definition) is 2. The third-order valence-electron chi connectivity index (χ3n) is 8.37. The number of piperidine rings is 1. The number of fused-ring (bicyclic) bond motifs is 2. The largest absolute Gasteiger partial charge is 0.494 e. The van der Waals surface area contributed by atoms with E-state index in [1.165, 1.54) is 23.3 Å². The summed E-state index contributed by atoms with van der Waals surface area (Å²) in [5.74, 6) is 0.311. The predicted octanol–water partition coefficient (Wildman–Crippen LogP) is 5.12. The summed E-state index contributed by atoms with van der Waals surface area (Å²) in [4.78, 5) is 29.5. The number of aliphatic hydroxyl groups is 1. The van der Waals surface area contributed by atoms with Crippen molar-refractivity contribution < 1.29 is 24.2 Å². The highest BCUT2D eigenvalue weighted by Gasteiger charge is 2.49. The van der Waals surface area contributed by atoms with Crippen LogP contribution >= 0.6 is 11.3 Å². The first-order valence-corrected chi connectivity index (χ1v) is 14.5. The molecular formula is C29H38N2O5S. The van der Waals surface area contributed by atoms with E-state index >= 15 is 0 Å². The standard InChI is InChI=1S/C29H38N2O5S/c1-3-36-22-13-6-4-10-19(22)26-21-12-8-9-15-29(21,34)16-17-31(26)18-24(32)30-27-25(28(33)35-2)20-11-5-7-14-23(20)37-27/h4,6,10,13,21,26,34H,3,5,7-9,11-12,14-18H2,1-2H3,(H,30,32)/t21-,26-,29-/m0/s1. The summed E-state index contributed by atoms with van der Waals surface area (Å²) in [6.07, 6.45) is 8.39. The topological polar surface area (TPSA) is 88.1 Å². The first kappa shape index (κ1) is 26.2. The van der Waals surface area contributed by atoms with Crippen LogP contribution in [0.15, 0.2) is 24.3 Å². The van der Waals surface area contributed by atoms with Crippen molar-refractivity contribution in [2.45, 2.75) is 76.4 Å². The Morgan fingerprint density at radius 2 is 1.97 bits per heavy atom. The summed E-state index contributed by atoms with van der Waals surface area (Å²) in [5, 5.41) is 15.3. The number of nitrogens with zero attached hydrogens (tertiary/aromatic N) is 1. The molecule has 1 aromatic heterocycles. The van der Waals surface area contributed by atoms with Crippen molar-refractivity contribution in [2.24, 2.45) is 5.92 Å². The maximum absolute atomic E-state index is 13.5. The second-order valence-electron chi connectivity index (χ2n) is 10.5. The van der Waals surface area contributed by atoms with E-state index in [2.05, 4.69) is 16.3 Å². The van der Waals surface area contributed by atoms with E-state index in [1.807, 2.05) is 25.1 Å².